The molecule has 4 heteroatoms. The van der Waals surface area contributed by atoms with Crippen molar-refractivity contribution >= 4 is 11.9 Å². The van der Waals surface area contributed by atoms with E-state index >= 15 is 0 Å². The van der Waals surface area contributed by atoms with Crippen LogP contribution in [0.5, 0.6) is 0 Å². The fourth-order valence-corrected chi connectivity index (χ4v) is 2.74. The van der Waals surface area contributed by atoms with Gasteiger partial charge in [0, 0.05) is 12.6 Å². The predicted molar refractivity (Wildman–Crippen MR) is 70.1 cm³/mol. The fraction of sp³-hybridized carbons (Fsp3) is 0.714. The van der Waals surface area contributed by atoms with Gasteiger partial charge in [-0.15, -0.1) is 6.58 Å². The third kappa shape index (κ3) is 3.12. The Morgan fingerprint density at radius 1 is 1.39 bits per heavy atom. The van der Waals surface area contributed by atoms with Crippen LogP contribution in [0.15, 0.2) is 12.7 Å². The third-order valence-corrected chi connectivity index (χ3v) is 3.66. The molecule has 4 nitrogen and oxygen atoms in total. The molecule has 1 aliphatic carbocycles. The van der Waals surface area contributed by atoms with Crippen LogP contribution in [0.1, 0.15) is 33.6 Å². The second-order valence-electron chi connectivity index (χ2n) is 5.50. The Morgan fingerprint density at radius 3 is 2.39 bits per heavy atom. The van der Waals surface area contributed by atoms with Crippen molar-refractivity contribution < 1.29 is 14.7 Å². The molecule has 0 radical (unpaired) electrons. The van der Waals surface area contributed by atoms with Gasteiger partial charge in [-0.05, 0) is 32.6 Å². The molecule has 1 unspecified atom stereocenters. The summed E-state index contributed by atoms with van der Waals surface area (Å²) in [5, 5.41) is 9.21. The van der Waals surface area contributed by atoms with Crippen molar-refractivity contribution in [3.05, 3.63) is 12.7 Å². The van der Waals surface area contributed by atoms with Gasteiger partial charge < -0.3 is 10.0 Å². The zero-order chi connectivity index (χ0) is 13.9. The number of aliphatic carboxylic acids is 1. The lowest BCUT2D eigenvalue weighted by atomic mass is 9.94. The Balaban J connectivity index is 2.86. The van der Waals surface area contributed by atoms with E-state index in [4.69, 9.17) is 0 Å². The van der Waals surface area contributed by atoms with Crippen LogP contribution in [0.3, 0.4) is 0 Å². The maximum atomic E-state index is 12.5. The van der Waals surface area contributed by atoms with E-state index in [1.165, 1.54) is 0 Å². The molecule has 0 bridgehead atoms. The van der Waals surface area contributed by atoms with Crippen molar-refractivity contribution in [2.75, 3.05) is 6.54 Å². The normalized spacial score (nSPS) is 27.2. The molecule has 1 amide bonds. The van der Waals surface area contributed by atoms with E-state index in [1.54, 1.807) is 11.0 Å². The Kier molecular flexibility index (Phi) is 4.93. The lowest BCUT2D eigenvalue weighted by Gasteiger charge is -2.29. The lowest BCUT2D eigenvalue weighted by Crippen LogP contribution is -2.43. The summed E-state index contributed by atoms with van der Waals surface area (Å²) in [6, 6.07) is 0.0702. The molecule has 0 spiro atoms. The smallest absolute Gasteiger partial charge is 0.307 e. The van der Waals surface area contributed by atoms with E-state index in [2.05, 4.69) is 6.58 Å². The molecule has 1 N–H and O–H groups in total. The summed E-state index contributed by atoms with van der Waals surface area (Å²) in [5.74, 6) is -1.49. The molecule has 1 rings (SSSR count). The predicted octanol–water partition coefficient (Wildman–Crippen LogP) is 2.16. The van der Waals surface area contributed by atoms with Gasteiger partial charge in [0.05, 0.1) is 11.8 Å². The second kappa shape index (κ2) is 6.03. The summed E-state index contributed by atoms with van der Waals surface area (Å²) in [6.07, 6.45) is 2.97. The first-order chi connectivity index (χ1) is 8.38. The topological polar surface area (TPSA) is 57.6 Å². The molecule has 18 heavy (non-hydrogen) atoms. The molecule has 1 saturated carbocycles. The fourth-order valence-electron chi connectivity index (χ4n) is 2.74. The molecular formula is C14H23NO3. The quantitative estimate of drug-likeness (QED) is 0.764. The molecule has 0 aromatic carbocycles. The van der Waals surface area contributed by atoms with Gasteiger partial charge in [0.1, 0.15) is 0 Å². The highest BCUT2D eigenvalue weighted by molar-refractivity contribution is 5.85. The van der Waals surface area contributed by atoms with Crippen molar-refractivity contribution in [3.63, 3.8) is 0 Å². The molecular weight excluding hydrogens is 230 g/mol. The van der Waals surface area contributed by atoms with Gasteiger partial charge in [0.2, 0.25) is 5.91 Å². The van der Waals surface area contributed by atoms with Gasteiger partial charge in [-0.1, -0.05) is 13.0 Å². The summed E-state index contributed by atoms with van der Waals surface area (Å²) in [5.41, 5.74) is 0. The number of carbonyl (C=O) groups is 2. The van der Waals surface area contributed by atoms with E-state index in [9.17, 15) is 14.7 Å². The zero-order valence-electron chi connectivity index (χ0n) is 11.4. The first-order valence-electron chi connectivity index (χ1n) is 6.52. The number of amides is 1. The SMILES string of the molecule is C=CCN(C(=O)[C@H]1CC(C)C[C@H]1C(=O)O)C(C)C. The molecule has 102 valence electrons. The first kappa shape index (κ1) is 14.7. The van der Waals surface area contributed by atoms with E-state index in [1.807, 2.05) is 20.8 Å². The summed E-state index contributed by atoms with van der Waals surface area (Å²) >= 11 is 0. The molecule has 0 heterocycles. The number of hydrogen-bond acceptors (Lipinski definition) is 2. The maximum absolute atomic E-state index is 12.5. The van der Waals surface area contributed by atoms with E-state index < -0.39 is 11.9 Å². The van der Waals surface area contributed by atoms with Gasteiger partial charge in [-0.2, -0.15) is 0 Å². The van der Waals surface area contributed by atoms with Gasteiger partial charge >= 0.3 is 5.97 Å². The van der Waals surface area contributed by atoms with Crippen LogP contribution in [-0.2, 0) is 9.59 Å². The highest BCUT2D eigenvalue weighted by atomic mass is 16.4. The Bertz CT molecular complexity index is 338. The van der Waals surface area contributed by atoms with Gasteiger partial charge in [-0.3, -0.25) is 9.59 Å². The van der Waals surface area contributed by atoms with Crippen molar-refractivity contribution in [1.29, 1.82) is 0 Å². The van der Waals surface area contributed by atoms with Gasteiger partial charge in [0.15, 0.2) is 0 Å². The zero-order valence-corrected chi connectivity index (χ0v) is 11.4. The van der Waals surface area contributed by atoms with Crippen molar-refractivity contribution in [2.45, 2.75) is 39.7 Å². The second-order valence-corrected chi connectivity index (χ2v) is 5.50. The minimum absolute atomic E-state index is 0.0401. The Labute approximate surface area is 109 Å². The average Bonchev–Trinajstić information content (AvgIpc) is 2.67. The molecule has 0 aromatic rings. The standard InChI is InChI=1S/C14H23NO3/c1-5-6-15(9(2)3)13(16)11-7-10(4)8-12(11)14(17)18/h5,9-12H,1,6-8H2,2-4H3,(H,17,18)/t10?,11-,12+/m0/s1. The van der Waals surface area contributed by atoms with Crippen molar-refractivity contribution in [1.82, 2.24) is 4.90 Å². The van der Waals surface area contributed by atoms with Crippen LogP contribution in [0.2, 0.25) is 0 Å². The highest BCUT2D eigenvalue weighted by Gasteiger charge is 2.42. The number of nitrogens with zero attached hydrogens (tertiary/aromatic N) is 1. The maximum Gasteiger partial charge on any atom is 0.307 e. The summed E-state index contributed by atoms with van der Waals surface area (Å²) < 4.78 is 0. The minimum atomic E-state index is -0.847. The van der Waals surface area contributed by atoms with Crippen LogP contribution in [0, 0.1) is 17.8 Å². The summed E-state index contributed by atoms with van der Waals surface area (Å²) in [4.78, 5) is 25.4. The summed E-state index contributed by atoms with van der Waals surface area (Å²) in [6.45, 7) is 10.0. The molecule has 0 aliphatic heterocycles. The van der Waals surface area contributed by atoms with E-state index in [0.717, 1.165) is 0 Å². The number of hydrogen-bond donors (Lipinski definition) is 1. The van der Waals surface area contributed by atoms with Gasteiger partial charge in [-0.25, -0.2) is 0 Å². The monoisotopic (exact) mass is 253 g/mol. The number of carboxylic acid groups (broad SMARTS) is 1. The number of rotatable bonds is 5. The van der Waals surface area contributed by atoms with Crippen LogP contribution in [0.4, 0.5) is 0 Å². The van der Waals surface area contributed by atoms with Crippen molar-refractivity contribution in [2.24, 2.45) is 17.8 Å². The molecule has 1 fully saturated rings. The highest BCUT2D eigenvalue weighted by Crippen LogP contribution is 2.37. The molecule has 0 aromatic heterocycles. The molecule has 1 aliphatic rings. The Hall–Kier alpha value is -1.32. The third-order valence-electron chi connectivity index (χ3n) is 3.66. The van der Waals surface area contributed by atoms with Crippen molar-refractivity contribution in [3.8, 4) is 0 Å². The number of carboxylic acids is 1. The van der Waals surface area contributed by atoms with E-state index in [-0.39, 0.29) is 17.9 Å². The van der Waals surface area contributed by atoms with Crippen LogP contribution < -0.4 is 0 Å². The van der Waals surface area contributed by atoms with Crippen LogP contribution >= 0.6 is 0 Å². The molecule has 0 saturated heterocycles. The first-order valence-corrected chi connectivity index (χ1v) is 6.52. The van der Waals surface area contributed by atoms with E-state index in [0.29, 0.717) is 25.3 Å². The molecule has 3 atom stereocenters. The van der Waals surface area contributed by atoms with Crippen LogP contribution in [-0.4, -0.2) is 34.5 Å². The average molecular weight is 253 g/mol. The van der Waals surface area contributed by atoms with Gasteiger partial charge in [0.25, 0.3) is 0 Å². The summed E-state index contributed by atoms with van der Waals surface area (Å²) in [7, 11) is 0. The minimum Gasteiger partial charge on any atom is -0.481 e. The lowest BCUT2D eigenvalue weighted by molar-refractivity contribution is -0.149. The Morgan fingerprint density at radius 2 is 1.94 bits per heavy atom. The largest absolute Gasteiger partial charge is 0.481 e. The number of carbonyl (C=O) groups excluding carboxylic acids is 1. The van der Waals surface area contributed by atoms with Crippen LogP contribution in [0.25, 0.3) is 0 Å².